The summed E-state index contributed by atoms with van der Waals surface area (Å²) in [6.07, 6.45) is 4.55. The number of benzene rings is 1. The van der Waals surface area contributed by atoms with Crippen molar-refractivity contribution in [2.75, 3.05) is 25.0 Å². The molecule has 0 radical (unpaired) electrons. The largest absolute Gasteiger partial charge is 0.376 e. The fraction of sp³-hybridized carbons (Fsp3) is 0.600. The Balaban J connectivity index is 1.78. The summed E-state index contributed by atoms with van der Waals surface area (Å²) in [5.41, 5.74) is 6.45. The number of nitrogens with one attached hydrogen (secondary N) is 1. The minimum Gasteiger partial charge on any atom is -0.376 e. The molecule has 0 aliphatic carbocycles. The van der Waals surface area contributed by atoms with Gasteiger partial charge < -0.3 is 16.0 Å². The lowest BCUT2D eigenvalue weighted by Gasteiger charge is -2.44. The molecule has 104 valence electrons. The van der Waals surface area contributed by atoms with Gasteiger partial charge in [-0.15, -0.1) is 0 Å². The maximum absolute atomic E-state index is 13.8. The Hall–Kier alpha value is -1.13. The van der Waals surface area contributed by atoms with E-state index in [9.17, 15) is 4.39 Å². The van der Waals surface area contributed by atoms with Gasteiger partial charge >= 0.3 is 0 Å². The number of hydrogen-bond donors (Lipinski definition) is 2. The van der Waals surface area contributed by atoms with Gasteiger partial charge in [0.15, 0.2) is 0 Å². The SMILES string of the molecule is NCC1(Nc2ccccc2F)CCN2CCCC2C1. The third kappa shape index (κ3) is 2.47. The second-order valence-corrected chi connectivity index (χ2v) is 5.88. The first-order valence-electron chi connectivity index (χ1n) is 7.19. The van der Waals surface area contributed by atoms with Crippen LogP contribution in [0.15, 0.2) is 24.3 Å². The Labute approximate surface area is 114 Å². The Morgan fingerprint density at radius 1 is 1.37 bits per heavy atom. The van der Waals surface area contributed by atoms with Crippen molar-refractivity contribution >= 4 is 5.69 Å². The normalized spacial score (nSPS) is 31.2. The molecule has 2 fully saturated rings. The molecule has 0 spiro atoms. The highest BCUT2D eigenvalue weighted by Crippen LogP contribution is 2.35. The van der Waals surface area contributed by atoms with Crippen LogP contribution in [-0.2, 0) is 0 Å². The van der Waals surface area contributed by atoms with E-state index < -0.39 is 0 Å². The van der Waals surface area contributed by atoms with Crippen molar-refractivity contribution in [3.63, 3.8) is 0 Å². The molecule has 0 saturated carbocycles. The first-order valence-corrected chi connectivity index (χ1v) is 7.19. The molecule has 0 amide bonds. The third-order valence-electron chi connectivity index (χ3n) is 4.67. The van der Waals surface area contributed by atoms with Crippen LogP contribution in [-0.4, -0.2) is 36.1 Å². The highest BCUT2D eigenvalue weighted by molar-refractivity contribution is 5.47. The first-order chi connectivity index (χ1) is 9.22. The molecule has 0 aromatic heterocycles. The average Bonchev–Trinajstić information content (AvgIpc) is 2.88. The monoisotopic (exact) mass is 263 g/mol. The van der Waals surface area contributed by atoms with Crippen LogP contribution in [0, 0.1) is 5.82 Å². The van der Waals surface area contributed by atoms with Crippen LogP contribution in [0.1, 0.15) is 25.7 Å². The maximum Gasteiger partial charge on any atom is 0.146 e. The lowest BCUT2D eigenvalue weighted by Crippen LogP contribution is -2.56. The Morgan fingerprint density at radius 2 is 2.21 bits per heavy atom. The molecule has 2 unspecified atom stereocenters. The molecule has 3 nitrogen and oxygen atoms in total. The lowest BCUT2D eigenvalue weighted by molar-refractivity contribution is 0.145. The van der Waals surface area contributed by atoms with E-state index in [4.69, 9.17) is 5.73 Å². The number of nitrogens with zero attached hydrogens (tertiary/aromatic N) is 1. The lowest BCUT2D eigenvalue weighted by atomic mass is 9.83. The fourth-order valence-corrected chi connectivity index (χ4v) is 3.53. The molecule has 4 heteroatoms. The average molecular weight is 263 g/mol. The third-order valence-corrected chi connectivity index (χ3v) is 4.67. The Kier molecular flexibility index (Phi) is 3.46. The summed E-state index contributed by atoms with van der Waals surface area (Å²) in [4.78, 5) is 2.55. The van der Waals surface area contributed by atoms with E-state index in [0.29, 0.717) is 18.3 Å². The van der Waals surface area contributed by atoms with Crippen LogP contribution >= 0.6 is 0 Å². The predicted octanol–water partition coefficient (Wildman–Crippen LogP) is 2.19. The van der Waals surface area contributed by atoms with Crippen LogP contribution in [0.5, 0.6) is 0 Å². The van der Waals surface area contributed by atoms with Gasteiger partial charge in [0.2, 0.25) is 0 Å². The summed E-state index contributed by atoms with van der Waals surface area (Å²) in [5, 5.41) is 3.40. The van der Waals surface area contributed by atoms with Crippen LogP contribution in [0.3, 0.4) is 0 Å². The van der Waals surface area contributed by atoms with Gasteiger partial charge in [0, 0.05) is 19.1 Å². The summed E-state index contributed by atoms with van der Waals surface area (Å²) < 4.78 is 13.8. The molecule has 0 bridgehead atoms. The van der Waals surface area contributed by atoms with Gasteiger partial charge in [0.1, 0.15) is 5.82 Å². The molecule has 2 saturated heterocycles. The molecule has 3 rings (SSSR count). The summed E-state index contributed by atoms with van der Waals surface area (Å²) in [5.74, 6) is -0.191. The van der Waals surface area contributed by atoms with E-state index in [2.05, 4.69) is 10.2 Å². The maximum atomic E-state index is 13.8. The predicted molar refractivity (Wildman–Crippen MR) is 75.6 cm³/mol. The van der Waals surface area contributed by atoms with Crippen LogP contribution < -0.4 is 11.1 Å². The zero-order chi connectivity index (χ0) is 13.3. The number of fused-ring (bicyclic) bond motifs is 1. The number of rotatable bonds is 3. The summed E-state index contributed by atoms with van der Waals surface area (Å²) in [7, 11) is 0. The van der Waals surface area contributed by atoms with E-state index in [-0.39, 0.29) is 11.4 Å². The van der Waals surface area contributed by atoms with E-state index in [1.165, 1.54) is 25.5 Å². The molecule has 3 N–H and O–H groups in total. The van der Waals surface area contributed by atoms with Crippen molar-refractivity contribution in [1.29, 1.82) is 0 Å². The Bertz CT molecular complexity index is 451. The summed E-state index contributed by atoms with van der Waals surface area (Å²) >= 11 is 0. The van der Waals surface area contributed by atoms with Crippen LogP contribution in [0.4, 0.5) is 10.1 Å². The van der Waals surface area contributed by atoms with Gasteiger partial charge in [-0.1, -0.05) is 12.1 Å². The number of nitrogens with two attached hydrogens (primary N) is 1. The van der Waals surface area contributed by atoms with E-state index in [1.807, 2.05) is 6.07 Å². The first kappa shape index (κ1) is 12.9. The van der Waals surface area contributed by atoms with Crippen molar-refractivity contribution < 1.29 is 4.39 Å². The molecule has 1 aromatic rings. The van der Waals surface area contributed by atoms with Crippen LogP contribution in [0.2, 0.25) is 0 Å². The minimum absolute atomic E-state index is 0.145. The molecular weight excluding hydrogens is 241 g/mol. The molecule has 19 heavy (non-hydrogen) atoms. The van der Waals surface area contributed by atoms with Crippen molar-refractivity contribution in [1.82, 2.24) is 4.90 Å². The second-order valence-electron chi connectivity index (χ2n) is 5.88. The van der Waals surface area contributed by atoms with Crippen LogP contribution in [0.25, 0.3) is 0 Å². The number of para-hydroxylation sites is 1. The van der Waals surface area contributed by atoms with Gasteiger partial charge in [0.05, 0.1) is 11.2 Å². The fourth-order valence-electron chi connectivity index (χ4n) is 3.53. The second kappa shape index (κ2) is 5.10. The van der Waals surface area contributed by atoms with E-state index >= 15 is 0 Å². The van der Waals surface area contributed by atoms with E-state index in [0.717, 1.165) is 19.4 Å². The molecule has 2 aliphatic heterocycles. The zero-order valence-electron chi connectivity index (χ0n) is 11.2. The Morgan fingerprint density at radius 3 is 3.00 bits per heavy atom. The van der Waals surface area contributed by atoms with Gasteiger partial charge in [-0.05, 0) is 44.4 Å². The van der Waals surface area contributed by atoms with Gasteiger partial charge in [-0.2, -0.15) is 0 Å². The number of anilines is 1. The number of halogens is 1. The smallest absolute Gasteiger partial charge is 0.146 e. The number of piperidine rings is 1. The molecule has 1 aromatic carbocycles. The minimum atomic E-state index is -0.191. The van der Waals surface area contributed by atoms with E-state index in [1.54, 1.807) is 12.1 Å². The van der Waals surface area contributed by atoms with Crippen molar-refractivity contribution in [3.05, 3.63) is 30.1 Å². The van der Waals surface area contributed by atoms with Crippen molar-refractivity contribution in [2.45, 2.75) is 37.3 Å². The summed E-state index contributed by atoms with van der Waals surface area (Å²) in [6, 6.07) is 7.50. The van der Waals surface area contributed by atoms with Gasteiger partial charge in [0.25, 0.3) is 0 Å². The van der Waals surface area contributed by atoms with Crippen molar-refractivity contribution in [3.8, 4) is 0 Å². The standard InChI is InChI=1S/C15H22FN3/c16-13-5-1-2-6-14(13)18-15(11-17)7-9-19-8-3-4-12(19)10-15/h1-2,5-6,12,18H,3-4,7-11,17H2. The molecule has 2 atom stereocenters. The molecular formula is C15H22FN3. The topological polar surface area (TPSA) is 41.3 Å². The quantitative estimate of drug-likeness (QED) is 0.878. The molecule has 2 heterocycles. The highest BCUT2D eigenvalue weighted by atomic mass is 19.1. The van der Waals surface area contributed by atoms with Gasteiger partial charge in [-0.3, -0.25) is 0 Å². The summed E-state index contributed by atoms with van der Waals surface area (Å²) in [6.45, 7) is 2.85. The van der Waals surface area contributed by atoms with Gasteiger partial charge in [-0.25, -0.2) is 4.39 Å². The van der Waals surface area contributed by atoms with Crippen molar-refractivity contribution in [2.24, 2.45) is 5.73 Å². The number of hydrogen-bond acceptors (Lipinski definition) is 3. The highest BCUT2D eigenvalue weighted by Gasteiger charge is 2.40. The zero-order valence-corrected chi connectivity index (χ0v) is 11.2. The molecule has 2 aliphatic rings.